The minimum absolute atomic E-state index is 0.0533. The average molecular weight is 393 g/mol. The average Bonchev–Trinajstić information content (AvgIpc) is 3.46. The summed E-state index contributed by atoms with van der Waals surface area (Å²) in [5.74, 6) is 0.215. The zero-order valence-corrected chi connectivity index (χ0v) is 15.9. The lowest BCUT2D eigenvalue weighted by Crippen LogP contribution is -2.47. The number of amides is 1. The first-order valence-corrected chi connectivity index (χ1v) is 9.65. The van der Waals surface area contributed by atoms with Crippen molar-refractivity contribution in [2.24, 2.45) is 5.92 Å². The summed E-state index contributed by atoms with van der Waals surface area (Å²) in [4.78, 5) is 19.5. The Hall–Kier alpha value is -3.29. The highest BCUT2D eigenvalue weighted by atomic mass is 19.1. The number of nitrogens with zero attached hydrogens (tertiary/aromatic N) is 5. The van der Waals surface area contributed by atoms with E-state index in [-0.39, 0.29) is 29.3 Å². The topological polar surface area (TPSA) is 73.1 Å². The Kier molecular flexibility index (Phi) is 4.26. The van der Waals surface area contributed by atoms with Crippen LogP contribution in [0.3, 0.4) is 0 Å². The van der Waals surface area contributed by atoms with Crippen LogP contribution < -0.4 is 4.74 Å². The third-order valence-electron chi connectivity index (χ3n) is 5.71. The van der Waals surface area contributed by atoms with Gasteiger partial charge in [-0.25, -0.2) is 14.1 Å². The lowest BCUT2D eigenvalue weighted by atomic mass is 10.1. The highest BCUT2D eigenvalue weighted by Crippen LogP contribution is 2.40. The Bertz CT molecular complexity index is 1040. The number of halogens is 1. The molecule has 2 fully saturated rings. The molecule has 5 rings (SSSR count). The van der Waals surface area contributed by atoms with Gasteiger partial charge in [0.2, 0.25) is 5.88 Å². The van der Waals surface area contributed by atoms with Gasteiger partial charge in [0.25, 0.3) is 5.91 Å². The normalized spacial score (nSPS) is 22.8. The molecule has 1 saturated heterocycles. The highest BCUT2D eigenvalue weighted by Gasteiger charge is 2.48. The van der Waals surface area contributed by atoms with Crippen LogP contribution in [0.1, 0.15) is 28.8 Å². The molecule has 1 aliphatic heterocycles. The molecule has 1 saturated carbocycles. The van der Waals surface area contributed by atoms with Gasteiger partial charge in [0.1, 0.15) is 17.6 Å². The molecular formula is C21H20FN5O2. The summed E-state index contributed by atoms with van der Waals surface area (Å²) >= 11 is 0. The molecule has 2 aliphatic rings. The number of para-hydroxylation sites is 1. The van der Waals surface area contributed by atoms with Crippen LogP contribution in [0.4, 0.5) is 4.39 Å². The lowest BCUT2D eigenvalue weighted by molar-refractivity contribution is 0.0466. The van der Waals surface area contributed by atoms with Gasteiger partial charge in [-0.2, -0.15) is 0 Å². The fraction of sp³-hybridized carbons (Fsp3) is 0.333. The van der Waals surface area contributed by atoms with Crippen LogP contribution in [0.15, 0.2) is 48.9 Å². The minimum atomic E-state index is -0.512. The summed E-state index contributed by atoms with van der Waals surface area (Å²) in [6.07, 6.45) is 6.41. The van der Waals surface area contributed by atoms with E-state index in [9.17, 15) is 9.18 Å². The smallest absolute Gasteiger partial charge is 0.256 e. The molecular weight excluding hydrogens is 373 g/mol. The molecule has 0 radical (unpaired) electrons. The van der Waals surface area contributed by atoms with Crippen LogP contribution >= 0.6 is 0 Å². The van der Waals surface area contributed by atoms with Gasteiger partial charge in [-0.05, 0) is 43.4 Å². The Labute approximate surface area is 167 Å². The summed E-state index contributed by atoms with van der Waals surface area (Å²) in [6.45, 7) is 2.62. The molecule has 3 unspecified atom stereocenters. The number of hydrogen-bond donors (Lipinski definition) is 0. The van der Waals surface area contributed by atoms with E-state index >= 15 is 0 Å². The molecule has 1 amide bonds. The number of piperidine rings is 1. The van der Waals surface area contributed by atoms with E-state index in [0.717, 1.165) is 18.4 Å². The lowest BCUT2D eigenvalue weighted by Gasteiger charge is -2.33. The zero-order chi connectivity index (χ0) is 20.0. The molecule has 7 nitrogen and oxygen atoms in total. The van der Waals surface area contributed by atoms with Crippen LogP contribution in [0, 0.1) is 18.7 Å². The summed E-state index contributed by atoms with van der Waals surface area (Å²) in [7, 11) is 0. The Morgan fingerprint density at radius 3 is 2.86 bits per heavy atom. The second-order valence-electron chi connectivity index (χ2n) is 7.68. The maximum atomic E-state index is 14.6. The quantitative estimate of drug-likeness (QED) is 0.682. The van der Waals surface area contributed by atoms with Crippen molar-refractivity contribution in [3.63, 3.8) is 0 Å². The predicted octanol–water partition coefficient (Wildman–Crippen LogP) is 2.79. The fourth-order valence-electron chi connectivity index (χ4n) is 4.41. The standard InChI is InChI=1S/C21H20FN5O2/c1-13-5-6-19(23-11-13)29-18-10-14-9-17(18)26(12-14)21(28)15-3-2-4-16(22)20(15)27-8-7-24-25-27/h2-8,11,14,17-18H,9-10,12H2,1H3. The third kappa shape index (κ3) is 3.14. The number of hydrogen-bond acceptors (Lipinski definition) is 5. The molecule has 3 heterocycles. The van der Waals surface area contributed by atoms with Crippen LogP contribution in [-0.2, 0) is 0 Å². The number of aryl methyl sites for hydroxylation is 1. The van der Waals surface area contributed by atoms with Crippen molar-refractivity contribution in [1.82, 2.24) is 24.9 Å². The fourth-order valence-corrected chi connectivity index (χ4v) is 4.41. The van der Waals surface area contributed by atoms with Crippen molar-refractivity contribution in [2.45, 2.75) is 31.9 Å². The Morgan fingerprint density at radius 2 is 2.14 bits per heavy atom. The van der Waals surface area contributed by atoms with E-state index in [1.807, 2.05) is 24.0 Å². The van der Waals surface area contributed by atoms with Gasteiger partial charge in [0, 0.05) is 18.8 Å². The van der Waals surface area contributed by atoms with E-state index in [0.29, 0.717) is 18.3 Å². The molecule has 3 atom stereocenters. The zero-order valence-electron chi connectivity index (χ0n) is 15.9. The minimum Gasteiger partial charge on any atom is -0.472 e. The van der Waals surface area contributed by atoms with Gasteiger partial charge in [-0.15, -0.1) is 5.10 Å². The predicted molar refractivity (Wildman–Crippen MR) is 102 cm³/mol. The van der Waals surface area contributed by atoms with Crippen molar-refractivity contribution >= 4 is 5.91 Å². The maximum absolute atomic E-state index is 14.6. The van der Waals surface area contributed by atoms with Gasteiger partial charge in [0.15, 0.2) is 0 Å². The highest BCUT2D eigenvalue weighted by molar-refractivity contribution is 5.98. The summed E-state index contributed by atoms with van der Waals surface area (Å²) in [5, 5.41) is 7.60. The summed E-state index contributed by atoms with van der Waals surface area (Å²) in [6, 6.07) is 8.24. The molecule has 8 heteroatoms. The number of benzene rings is 1. The summed E-state index contributed by atoms with van der Waals surface area (Å²) < 4.78 is 21.9. The van der Waals surface area contributed by atoms with Gasteiger partial charge in [0.05, 0.1) is 24.0 Å². The van der Waals surface area contributed by atoms with E-state index < -0.39 is 5.82 Å². The second kappa shape index (κ2) is 6.95. The molecule has 1 aromatic carbocycles. The van der Waals surface area contributed by atoms with E-state index in [1.54, 1.807) is 18.3 Å². The van der Waals surface area contributed by atoms with E-state index in [4.69, 9.17) is 4.74 Å². The number of likely N-dealkylation sites (tertiary alicyclic amines) is 1. The van der Waals surface area contributed by atoms with Gasteiger partial charge < -0.3 is 9.64 Å². The Morgan fingerprint density at radius 1 is 1.24 bits per heavy atom. The number of fused-ring (bicyclic) bond motifs is 2. The van der Waals surface area contributed by atoms with E-state index in [2.05, 4.69) is 15.3 Å². The number of rotatable bonds is 4. The molecule has 148 valence electrons. The number of carbonyl (C=O) groups excluding carboxylic acids is 1. The first-order chi connectivity index (χ1) is 14.1. The largest absolute Gasteiger partial charge is 0.472 e. The molecule has 1 aliphatic carbocycles. The van der Waals surface area contributed by atoms with Crippen molar-refractivity contribution in [2.75, 3.05) is 6.54 Å². The molecule has 3 aromatic rings. The number of ether oxygens (including phenoxy) is 1. The molecule has 0 spiro atoms. The molecule has 29 heavy (non-hydrogen) atoms. The van der Waals surface area contributed by atoms with Crippen LogP contribution in [-0.4, -0.2) is 49.5 Å². The summed E-state index contributed by atoms with van der Waals surface area (Å²) in [5.41, 5.74) is 1.46. The third-order valence-corrected chi connectivity index (χ3v) is 5.71. The second-order valence-corrected chi connectivity index (χ2v) is 7.68. The first kappa shape index (κ1) is 17.8. The van der Waals surface area contributed by atoms with E-state index in [1.165, 1.54) is 23.1 Å². The monoisotopic (exact) mass is 393 g/mol. The van der Waals surface area contributed by atoms with Crippen molar-refractivity contribution in [3.05, 3.63) is 65.9 Å². The molecule has 2 bridgehead atoms. The maximum Gasteiger partial charge on any atom is 0.256 e. The van der Waals surface area contributed by atoms with Gasteiger partial charge in [-0.3, -0.25) is 4.79 Å². The van der Waals surface area contributed by atoms with Crippen LogP contribution in [0.5, 0.6) is 5.88 Å². The number of pyridine rings is 1. The van der Waals surface area contributed by atoms with Gasteiger partial charge >= 0.3 is 0 Å². The van der Waals surface area contributed by atoms with Gasteiger partial charge in [-0.1, -0.05) is 17.3 Å². The SMILES string of the molecule is Cc1ccc(OC2CC3CC2N(C(=O)c2cccc(F)c2-n2ccnn2)C3)nc1. The first-order valence-electron chi connectivity index (χ1n) is 9.65. The number of aromatic nitrogens is 4. The van der Waals surface area contributed by atoms with Crippen molar-refractivity contribution in [3.8, 4) is 11.6 Å². The van der Waals surface area contributed by atoms with Crippen molar-refractivity contribution < 1.29 is 13.9 Å². The molecule has 2 aromatic heterocycles. The molecule has 0 N–H and O–H groups in total. The van der Waals surface area contributed by atoms with Crippen LogP contribution in [0.25, 0.3) is 5.69 Å². The van der Waals surface area contributed by atoms with Crippen molar-refractivity contribution in [1.29, 1.82) is 0 Å². The van der Waals surface area contributed by atoms with Crippen LogP contribution in [0.2, 0.25) is 0 Å². The number of carbonyl (C=O) groups is 1. The Balaban J connectivity index is 1.41.